The maximum Gasteiger partial charge on any atom is 0.0709 e. The van der Waals surface area contributed by atoms with Crippen LogP contribution in [0.1, 0.15) is 11.4 Å². The summed E-state index contributed by atoms with van der Waals surface area (Å²) >= 11 is 0. The lowest BCUT2D eigenvalue weighted by atomic mass is 10.1. The molecule has 0 N–H and O–H groups in total. The monoisotopic (exact) mass is 261 g/mol. The zero-order chi connectivity index (χ0) is 14.8. The van der Waals surface area contributed by atoms with Gasteiger partial charge in [-0.1, -0.05) is 81.0 Å². The van der Waals surface area contributed by atoms with Crippen LogP contribution in [0, 0.1) is 0 Å². The molecule has 0 fully saturated rings. The van der Waals surface area contributed by atoms with Crippen LogP contribution >= 0.6 is 0 Å². The van der Waals surface area contributed by atoms with E-state index < -0.39 is 0 Å². The molecule has 0 atom stereocenters. The fraction of sp³-hybridized carbons (Fsp3) is 0. The van der Waals surface area contributed by atoms with Gasteiger partial charge in [0.2, 0.25) is 0 Å². The molecular weight excluding hydrogens is 242 g/mol. The minimum atomic E-state index is 0.861. The lowest BCUT2D eigenvalue weighted by Gasteiger charge is -2.05. The zero-order valence-corrected chi connectivity index (χ0v) is 11.6. The second kappa shape index (κ2) is 8.44. The molecule has 0 saturated heterocycles. The smallest absolute Gasteiger partial charge is 0.0709 e. The van der Waals surface area contributed by atoms with E-state index >= 15 is 0 Å². The van der Waals surface area contributed by atoms with Gasteiger partial charge in [0.15, 0.2) is 0 Å². The fourth-order valence-electron chi connectivity index (χ4n) is 1.67. The summed E-state index contributed by atoms with van der Waals surface area (Å²) in [5, 5.41) is 0. The highest BCUT2D eigenvalue weighted by Crippen LogP contribution is 2.19. The van der Waals surface area contributed by atoms with Crippen LogP contribution < -0.4 is 0 Å². The lowest BCUT2D eigenvalue weighted by Crippen LogP contribution is -1.92. The second-order valence-corrected chi connectivity index (χ2v) is 3.92. The van der Waals surface area contributed by atoms with Crippen molar-refractivity contribution in [2.75, 3.05) is 0 Å². The van der Waals surface area contributed by atoms with E-state index in [0.717, 1.165) is 22.5 Å². The third kappa shape index (κ3) is 4.21. The van der Waals surface area contributed by atoms with Gasteiger partial charge in [0.1, 0.15) is 0 Å². The van der Waals surface area contributed by atoms with Crippen molar-refractivity contribution in [1.82, 2.24) is 4.98 Å². The Bertz CT molecular complexity index is 598. The first kappa shape index (κ1) is 15.4. The van der Waals surface area contributed by atoms with Gasteiger partial charge in [-0.25, -0.2) is 4.98 Å². The minimum absolute atomic E-state index is 0.861. The van der Waals surface area contributed by atoms with E-state index in [0.29, 0.717) is 0 Å². The summed E-state index contributed by atoms with van der Waals surface area (Å²) in [5.74, 6) is 0. The number of pyridine rings is 1. The second-order valence-electron chi connectivity index (χ2n) is 3.92. The topological polar surface area (TPSA) is 12.9 Å². The molecule has 0 aliphatic carbocycles. The van der Waals surface area contributed by atoms with Crippen molar-refractivity contribution in [3.63, 3.8) is 0 Å². The molecule has 0 saturated carbocycles. The number of nitrogens with zero attached hydrogens (tertiary/aromatic N) is 1. The van der Waals surface area contributed by atoms with Crippen LogP contribution in [-0.2, 0) is 0 Å². The quantitative estimate of drug-likeness (QED) is 0.619. The standard InChI is InChI=1S/C19H19N/c1-5-9-13-17(12-7-3)19-15-10-14-18(20-19)16(8-4)11-6-2/h5-15H,1-4H2/b13-9-,16-11+,17-12+. The number of aromatic nitrogens is 1. The maximum atomic E-state index is 4.65. The lowest BCUT2D eigenvalue weighted by molar-refractivity contribution is 1.24. The molecule has 0 aliphatic rings. The van der Waals surface area contributed by atoms with Gasteiger partial charge in [-0.3, -0.25) is 0 Å². The number of hydrogen-bond donors (Lipinski definition) is 0. The predicted octanol–water partition coefficient (Wildman–Crippen LogP) is 5.15. The van der Waals surface area contributed by atoms with Crippen LogP contribution in [0.4, 0.5) is 0 Å². The highest BCUT2D eigenvalue weighted by Gasteiger charge is 2.03. The van der Waals surface area contributed by atoms with Gasteiger partial charge in [-0.2, -0.15) is 0 Å². The average Bonchev–Trinajstić information content (AvgIpc) is 2.49. The molecule has 0 aliphatic heterocycles. The maximum absolute atomic E-state index is 4.65. The Balaban J connectivity index is 3.29. The third-order valence-electron chi connectivity index (χ3n) is 2.57. The van der Waals surface area contributed by atoms with Crippen LogP contribution in [0.5, 0.6) is 0 Å². The summed E-state index contributed by atoms with van der Waals surface area (Å²) in [6.45, 7) is 14.9. The molecule has 20 heavy (non-hydrogen) atoms. The van der Waals surface area contributed by atoms with E-state index in [1.54, 1.807) is 24.3 Å². The predicted molar refractivity (Wildman–Crippen MR) is 90.1 cm³/mol. The van der Waals surface area contributed by atoms with E-state index in [1.807, 2.05) is 42.5 Å². The fourth-order valence-corrected chi connectivity index (χ4v) is 1.67. The molecule has 100 valence electrons. The summed E-state index contributed by atoms with van der Waals surface area (Å²) in [7, 11) is 0. The molecule has 0 amide bonds. The van der Waals surface area contributed by atoms with E-state index in [2.05, 4.69) is 31.3 Å². The first-order valence-corrected chi connectivity index (χ1v) is 6.31. The van der Waals surface area contributed by atoms with Gasteiger partial charge in [0, 0.05) is 5.57 Å². The summed E-state index contributed by atoms with van der Waals surface area (Å²) < 4.78 is 0. The minimum Gasteiger partial charge on any atom is -0.248 e. The summed E-state index contributed by atoms with van der Waals surface area (Å²) in [6, 6.07) is 5.88. The number of hydrogen-bond acceptors (Lipinski definition) is 1. The zero-order valence-electron chi connectivity index (χ0n) is 11.6. The molecule has 0 unspecified atom stereocenters. The molecule has 1 rings (SSSR count). The van der Waals surface area contributed by atoms with Gasteiger partial charge in [0.25, 0.3) is 0 Å². The van der Waals surface area contributed by atoms with Gasteiger partial charge in [-0.05, 0) is 17.7 Å². The summed E-state index contributed by atoms with van der Waals surface area (Å²) in [5.41, 5.74) is 3.65. The van der Waals surface area contributed by atoms with E-state index in [4.69, 9.17) is 0 Å². The Morgan fingerprint density at radius 1 is 0.850 bits per heavy atom. The third-order valence-corrected chi connectivity index (χ3v) is 2.57. The molecule has 1 heteroatoms. The van der Waals surface area contributed by atoms with Gasteiger partial charge < -0.3 is 0 Å². The first-order chi connectivity index (χ1) is 9.76. The molecule has 1 heterocycles. The number of rotatable bonds is 7. The van der Waals surface area contributed by atoms with Crippen LogP contribution in [0.25, 0.3) is 11.1 Å². The highest BCUT2D eigenvalue weighted by molar-refractivity contribution is 5.77. The Morgan fingerprint density at radius 2 is 1.45 bits per heavy atom. The van der Waals surface area contributed by atoms with E-state index in [1.165, 1.54) is 0 Å². The molecule has 1 nitrogen and oxygen atoms in total. The average molecular weight is 261 g/mol. The van der Waals surface area contributed by atoms with Crippen LogP contribution in [0.2, 0.25) is 0 Å². The Hall–Kier alpha value is -2.67. The molecule has 1 aromatic heterocycles. The van der Waals surface area contributed by atoms with Crippen molar-refractivity contribution in [3.05, 3.63) is 105 Å². The van der Waals surface area contributed by atoms with Gasteiger partial charge in [0.05, 0.1) is 11.4 Å². The molecule has 0 radical (unpaired) electrons. The van der Waals surface area contributed by atoms with Gasteiger partial charge >= 0.3 is 0 Å². The molecular formula is C19H19N. The first-order valence-electron chi connectivity index (χ1n) is 6.31. The summed E-state index contributed by atoms with van der Waals surface area (Å²) in [6.07, 6.45) is 14.6. The normalized spacial score (nSPS) is 12.2. The Morgan fingerprint density at radius 3 is 2.00 bits per heavy atom. The Labute approximate surface area is 121 Å². The van der Waals surface area contributed by atoms with Crippen molar-refractivity contribution in [2.24, 2.45) is 0 Å². The van der Waals surface area contributed by atoms with Crippen LogP contribution in [0.3, 0.4) is 0 Å². The Kier molecular flexibility index (Phi) is 6.49. The van der Waals surface area contributed by atoms with E-state index in [-0.39, 0.29) is 0 Å². The van der Waals surface area contributed by atoms with Crippen molar-refractivity contribution >= 4 is 11.1 Å². The van der Waals surface area contributed by atoms with Crippen molar-refractivity contribution in [3.8, 4) is 0 Å². The van der Waals surface area contributed by atoms with Crippen molar-refractivity contribution < 1.29 is 0 Å². The van der Waals surface area contributed by atoms with Gasteiger partial charge in [-0.15, -0.1) is 0 Å². The van der Waals surface area contributed by atoms with Crippen LogP contribution in [0.15, 0.2) is 93.1 Å². The molecule has 0 aromatic carbocycles. The van der Waals surface area contributed by atoms with E-state index in [9.17, 15) is 0 Å². The molecule has 0 spiro atoms. The summed E-state index contributed by atoms with van der Waals surface area (Å²) in [4.78, 5) is 4.65. The highest BCUT2D eigenvalue weighted by atomic mass is 14.7. The largest absolute Gasteiger partial charge is 0.248 e. The number of allylic oxidation sites excluding steroid dienone is 10. The molecule has 0 bridgehead atoms. The SMILES string of the molecule is C=C/C=C\C(=C/C=C)c1cccc(/C(C=C)=C/C=C)n1. The van der Waals surface area contributed by atoms with Crippen molar-refractivity contribution in [1.29, 1.82) is 0 Å². The molecule has 1 aromatic rings. The van der Waals surface area contributed by atoms with Crippen LogP contribution in [-0.4, -0.2) is 4.98 Å². The van der Waals surface area contributed by atoms with Crippen molar-refractivity contribution in [2.45, 2.75) is 0 Å².